The average Bonchev–Trinajstić information content (AvgIpc) is 2.37. The molecule has 1 aromatic rings. The van der Waals surface area contributed by atoms with Crippen molar-refractivity contribution in [3.05, 3.63) is 35.4 Å². The molecule has 0 spiro atoms. The number of halogens is 4. The van der Waals surface area contributed by atoms with Crippen LogP contribution in [0.1, 0.15) is 24.4 Å². The first kappa shape index (κ1) is 15.8. The highest BCUT2D eigenvalue weighted by Gasteiger charge is 2.27. The summed E-state index contributed by atoms with van der Waals surface area (Å²) in [5.41, 5.74) is -0.540. The summed E-state index contributed by atoms with van der Waals surface area (Å²) in [4.78, 5) is 13.7. The van der Waals surface area contributed by atoms with Gasteiger partial charge in [0.1, 0.15) is 17.7 Å². The highest BCUT2D eigenvalue weighted by Crippen LogP contribution is 2.24. The molecule has 1 aliphatic rings. The number of hydrogen-bond donors (Lipinski definition) is 1. The minimum Gasteiger partial charge on any atom is -0.343 e. The van der Waals surface area contributed by atoms with Gasteiger partial charge in [-0.15, -0.1) is 0 Å². The maximum Gasteiger partial charge on any atom is 0.262 e. The number of hydrogen-bond acceptors (Lipinski definition) is 2. The molecule has 0 radical (unpaired) electrons. The molecule has 0 bridgehead atoms. The second-order valence-corrected chi connectivity index (χ2v) is 4.99. The van der Waals surface area contributed by atoms with Crippen LogP contribution in [0.15, 0.2) is 18.2 Å². The lowest BCUT2D eigenvalue weighted by molar-refractivity contribution is -0.123. The number of amides is 1. The summed E-state index contributed by atoms with van der Waals surface area (Å²) < 4.78 is 52.7. The number of benzene rings is 1. The van der Waals surface area contributed by atoms with E-state index in [0.29, 0.717) is 12.6 Å². The molecule has 1 saturated heterocycles. The van der Waals surface area contributed by atoms with E-state index in [1.54, 1.807) is 0 Å². The van der Waals surface area contributed by atoms with E-state index < -0.39 is 35.6 Å². The molecule has 1 atom stereocenters. The van der Waals surface area contributed by atoms with E-state index in [1.165, 1.54) is 0 Å². The van der Waals surface area contributed by atoms with Crippen molar-refractivity contribution in [3.8, 4) is 0 Å². The zero-order valence-corrected chi connectivity index (χ0v) is 11.3. The summed E-state index contributed by atoms with van der Waals surface area (Å²) in [5.74, 6) is -2.40. The molecular weight excluding hydrogens is 288 g/mol. The summed E-state index contributed by atoms with van der Waals surface area (Å²) in [7, 11) is 0. The standard InChI is InChI=1S/C14H16F4N2O/c15-9-2-3-11(16)10(8-9)13(14(17)18)19-12(21)4-7-20-5-1-6-20/h2-3,8,13-14H,1,4-7H2,(H,19,21). The van der Waals surface area contributed by atoms with Gasteiger partial charge in [-0.25, -0.2) is 17.6 Å². The van der Waals surface area contributed by atoms with Crippen LogP contribution in [0.25, 0.3) is 0 Å². The molecule has 1 amide bonds. The van der Waals surface area contributed by atoms with Crippen LogP contribution in [0.3, 0.4) is 0 Å². The van der Waals surface area contributed by atoms with Crippen LogP contribution in [0.4, 0.5) is 17.6 Å². The minimum absolute atomic E-state index is 0.0557. The van der Waals surface area contributed by atoms with Gasteiger partial charge in [0.2, 0.25) is 5.91 Å². The predicted molar refractivity (Wildman–Crippen MR) is 68.9 cm³/mol. The van der Waals surface area contributed by atoms with Crippen molar-refractivity contribution < 1.29 is 22.4 Å². The van der Waals surface area contributed by atoms with Crippen LogP contribution in [0.5, 0.6) is 0 Å². The van der Waals surface area contributed by atoms with Crippen LogP contribution in [-0.4, -0.2) is 36.9 Å². The van der Waals surface area contributed by atoms with Gasteiger partial charge >= 0.3 is 0 Å². The Morgan fingerprint density at radius 3 is 2.57 bits per heavy atom. The summed E-state index contributed by atoms with van der Waals surface area (Å²) >= 11 is 0. The molecular formula is C14H16F4N2O. The van der Waals surface area contributed by atoms with Crippen LogP contribution in [0.2, 0.25) is 0 Å². The third-order valence-electron chi connectivity index (χ3n) is 3.47. The van der Waals surface area contributed by atoms with E-state index in [4.69, 9.17) is 0 Å². The first-order valence-electron chi connectivity index (χ1n) is 6.72. The van der Waals surface area contributed by atoms with E-state index in [9.17, 15) is 22.4 Å². The number of nitrogens with one attached hydrogen (secondary N) is 1. The zero-order chi connectivity index (χ0) is 15.4. The first-order valence-corrected chi connectivity index (χ1v) is 6.72. The normalized spacial score (nSPS) is 16.6. The fourth-order valence-corrected chi connectivity index (χ4v) is 2.14. The lowest BCUT2D eigenvalue weighted by Crippen LogP contribution is -2.41. The molecule has 116 valence electrons. The number of rotatable bonds is 6. The van der Waals surface area contributed by atoms with Crippen molar-refractivity contribution in [3.63, 3.8) is 0 Å². The van der Waals surface area contributed by atoms with E-state index >= 15 is 0 Å². The van der Waals surface area contributed by atoms with Gasteiger partial charge in [0.05, 0.1) is 0 Å². The number of carbonyl (C=O) groups excluding carboxylic acids is 1. The van der Waals surface area contributed by atoms with Crippen molar-refractivity contribution in [2.75, 3.05) is 19.6 Å². The molecule has 3 nitrogen and oxygen atoms in total. The van der Waals surface area contributed by atoms with Gasteiger partial charge in [0.15, 0.2) is 0 Å². The zero-order valence-electron chi connectivity index (χ0n) is 11.3. The van der Waals surface area contributed by atoms with Gasteiger partial charge in [0, 0.05) is 18.5 Å². The molecule has 0 aromatic heterocycles. The summed E-state index contributed by atoms with van der Waals surface area (Å²) in [6.45, 7) is 2.27. The van der Waals surface area contributed by atoms with Crippen molar-refractivity contribution in [2.24, 2.45) is 0 Å². The van der Waals surface area contributed by atoms with Gasteiger partial charge in [-0.3, -0.25) is 4.79 Å². The Kier molecular flexibility index (Phi) is 5.17. The monoisotopic (exact) mass is 304 g/mol. The van der Waals surface area contributed by atoms with Gasteiger partial charge in [-0.2, -0.15) is 0 Å². The fraction of sp³-hybridized carbons (Fsp3) is 0.500. The average molecular weight is 304 g/mol. The molecule has 2 rings (SSSR count). The number of likely N-dealkylation sites (tertiary alicyclic amines) is 1. The lowest BCUT2D eigenvalue weighted by atomic mass is 10.1. The maximum atomic E-state index is 13.5. The van der Waals surface area contributed by atoms with Crippen molar-refractivity contribution >= 4 is 5.91 Å². The quantitative estimate of drug-likeness (QED) is 0.819. The molecule has 1 unspecified atom stereocenters. The molecule has 1 fully saturated rings. The molecule has 0 aliphatic carbocycles. The number of nitrogens with zero attached hydrogens (tertiary/aromatic N) is 1. The smallest absolute Gasteiger partial charge is 0.262 e. The fourth-order valence-electron chi connectivity index (χ4n) is 2.14. The van der Waals surface area contributed by atoms with Crippen LogP contribution < -0.4 is 5.32 Å². The molecule has 1 N–H and O–H groups in total. The Morgan fingerprint density at radius 2 is 2.00 bits per heavy atom. The molecule has 1 aromatic carbocycles. The van der Waals surface area contributed by atoms with Gasteiger partial charge in [-0.05, 0) is 37.7 Å². The maximum absolute atomic E-state index is 13.5. The Balaban J connectivity index is 2.00. The topological polar surface area (TPSA) is 32.3 Å². The summed E-state index contributed by atoms with van der Waals surface area (Å²) in [6.07, 6.45) is -1.90. The summed E-state index contributed by atoms with van der Waals surface area (Å²) in [6, 6.07) is 0.450. The Hall–Kier alpha value is -1.63. The van der Waals surface area contributed by atoms with E-state index in [0.717, 1.165) is 31.6 Å². The van der Waals surface area contributed by atoms with Crippen molar-refractivity contribution in [2.45, 2.75) is 25.3 Å². The predicted octanol–water partition coefficient (Wildman–Crippen LogP) is 2.48. The molecule has 0 saturated carbocycles. The van der Waals surface area contributed by atoms with Gasteiger partial charge in [-0.1, -0.05) is 0 Å². The van der Waals surface area contributed by atoms with Crippen molar-refractivity contribution in [1.29, 1.82) is 0 Å². The van der Waals surface area contributed by atoms with Gasteiger partial charge < -0.3 is 10.2 Å². The first-order chi connectivity index (χ1) is 9.97. The van der Waals surface area contributed by atoms with E-state index in [-0.39, 0.29) is 6.42 Å². The molecule has 7 heteroatoms. The second-order valence-electron chi connectivity index (χ2n) is 4.99. The van der Waals surface area contributed by atoms with Crippen LogP contribution >= 0.6 is 0 Å². The Morgan fingerprint density at radius 1 is 1.29 bits per heavy atom. The largest absolute Gasteiger partial charge is 0.343 e. The highest BCUT2D eigenvalue weighted by molar-refractivity contribution is 5.76. The number of alkyl halides is 2. The molecule has 1 heterocycles. The van der Waals surface area contributed by atoms with Crippen molar-refractivity contribution in [1.82, 2.24) is 10.2 Å². The Bertz CT molecular complexity index is 506. The third-order valence-corrected chi connectivity index (χ3v) is 3.47. The third kappa shape index (κ3) is 4.17. The van der Waals surface area contributed by atoms with E-state index in [1.807, 2.05) is 4.90 Å². The van der Waals surface area contributed by atoms with E-state index in [2.05, 4.69) is 5.32 Å². The Labute approximate surface area is 119 Å². The second kappa shape index (κ2) is 6.89. The van der Waals surface area contributed by atoms with Crippen LogP contribution in [0, 0.1) is 11.6 Å². The van der Waals surface area contributed by atoms with Crippen LogP contribution in [-0.2, 0) is 4.79 Å². The minimum atomic E-state index is -3.02. The van der Waals surface area contributed by atoms with Gasteiger partial charge in [0.25, 0.3) is 6.43 Å². The molecule has 1 aliphatic heterocycles. The number of carbonyl (C=O) groups is 1. The highest BCUT2D eigenvalue weighted by atomic mass is 19.3. The SMILES string of the molecule is O=C(CCN1CCC1)NC(c1cc(F)ccc1F)C(F)F. The molecule has 21 heavy (non-hydrogen) atoms. The summed E-state index contributed by atoms with van der Waals surface area (Å²) in [5, 5.41) is 2.08. The lowest BCUT2D eigenvalue weighted by Gasteiger charge is -2.30.